The van der Waals surface area contributed by atoms with Crippen molar-refractivity contribution in [3.05, 3.63) is 72.3 Å². The van der Waals surface area contributed by atoms with Crippen LogP contribution in [0.4, 0.5) is 10.1 Å². The van der Waals surface area contributed by atoms with Crippen LogP contribution in [-0.4, -0.2) is 41.3 Å². The Morgan fingerprint density at radius 2 is 1.60 bits per heavy atom. The number of esters is 1. The first-order valence-electron chi connectivity index (χ1n) is 11.0. The Hall–Kier alpha value is -4.27. The van der Waals surface area contributed by atoms with Crippen molar-refractivity contribution in [1.82, 2.24) is 9.13 Å². The summed E-state index contributed by atoms with van der Waals surface area (Å²) in [5.74, 6) is -0.188. The van der Waals surface area contributed by atoms with E-state index >= 15 is 0 Å². The smallest absolute Gasteiger partial charge is 0.355 e. The monoisotopic (exact) mass is 479 g/mol. The number of aromatic nitrogens is 2. The molecule has 2 aromatic heterocycles. The molecule has 0 aliphatic heterocycles. The van der Waals surface area contributed by atoms with Crippen LogP contribution in [0.2, 0.25) is 0 Å². The lowest BCUT2D eigenvalue weighted by Crippen LogP contribution is -2.23. The van der Waals surface area contributed by atoms with Gasteiger partial charge in [-0.3, -0.25) is 4.79 Å². The van der Waals surface area contributed by atoms with Crippen molar-refractivity contribution in [3.63, 3.8) is 0 Å². The number of amides is 1. The highest BCUT2D eigenvalue weighted by Crippen LogP contribution is 2.28. The molecule has 1 N–H and O–H groups in total. The van der Waals surface area contributed by atoms with Gasteiger partial charge in [0.05, 0.1) is 31.4 Å². The third-order valence-corrected chi connectivity index (χ3v) is 5.35. The average Bonchev–Trinajstić information content (AvgIpc) is 3.39. The quantitative estimate of drug-likeness (QED) is 0.367. The van der Waals surface area contributed by atoms with Gasteiger partial charge in [0.15, 0.2) is 0 Å². The minimum atomic E-state index is -0.544. The number of fused-ring (bicyclic) bond motifs is 1. The summed E-state index contributed by atoms with van der Waals surface area (Å²) >= 11 is 0. The zero-order valence-corrected chi connectivity index (χ0v) is 19.9. The molecule has 0 atom stereocenters. The Balaban J connectivity index is 1.70. The van der Waals surface area contributed by atoms with E-state index in [1.54, 1.807) is 67.1 Å². The zero-order valence-electron chi connectivity index (χ0n) is 19.9. The first-order chi connectivity index (χ1) is 16.8. The Morgan fingerprint density at radius 3 is 2.20 bits per heavy atom. The fourth-order valence-corrected chi connectivity index (χ4v) is 3.81. The minimum Gasteiger partial charge on any atom is -0.497 e. The second-order valence-electron chi connectivity index (χ2n) is 8.15. The zero-order chi connectivity index (χ0) is 25.1. The summed E-state index contributed by atoms with van der Waals surface area (Å²) < 4.78 is 32.8. The van der Waals surface area contributed by atoms with Crippen LogP contribution in [-0.2, 0) is 16.1 Å². The largest absolute Gasteiger partial charge is 0.497 e. The van der Waals surface area contributed by atoms with Crippen LogP contribution in [0.25, 0.3) is 16.7 Å². The number of nitrogens with one attached hydrogen (secondary N) is 1. The minimum absolute atomic E-state index is 0.140. The summed E-state index contributed by atoms with van der Waals surface area (Å²) in [6.07, 6.45) is 1.47. The topological polar surface area (TPSA) is 83.7 Å². The van der Waals surface area contributed by atoms with Crippen LogP contribution in [0.1, 0.15) is 24.3 Å². The van der Waals surface area contributed by atoms with Crippen molar-refractivity contribution in [2.24, 2.45) is 0 Å². The Bertz CT molecular complexity index is 1350. The van der Waals surface area contributed by atoms with E-state index in [0.717, 1.165) is 5.69 Å². The van der Waals surface area contributed by atoms with Crippen molar-refractivity contribution in [2.75, 3.05) is 19.5 Å². The van der Waals surface area contributed by atoms with Gasteiger partial charge in [-0.25, -0.2) is 9.18 Å². The Morgan fingerprint density at radius 1 is 0.943 bits per heavy atom. The first kappa shape index (κ1) is 23.9. The second kappa shape index (κ2) is 9.92. The van der Waals surface area contributed by atoms with Crippen molar-refractivity contribution >= 4 is 28.6 Å². The maximum Gasteiger partial charge on any atom is 0.355 e. The molecule has 9 heteroatoms. The molecule has 8 nitrogen and oxygen atoms in total. The number of nitrogens with zero attached hydrogens (tertiary/aromatic N) is 2. The summed E-state index contributed by atoms with van der Waals surface area (Å²) in [7, 11) is 3.05. The molecule has 0 aliphatic carbocycles. The number of anilines is 1. The van der Waals surface area contributed by atoms with Crippen molar-refractivity contribution in [1.29, 1.82) is 0 Å². The highest BCUT2D eigenvalue weighted by atomic mass is 19.1. The summed E-state index contributed by atoms with van der Waals surface area (Å²) in [6, 6.07) is 14.5. The van der Waals surface area contributed by atoms with Gasteiger partial charge in [-0.15, -0.1) is 0 Å². The third kappa shape index (κ3) is 5.13. The maximum atomic E-state index is 13.4. The number of hydrogen-bond acceptors (Lipinski definition) is 5. The van der Waals surface area contributed by atoms with Gasteiger partial charge >= 0.3 is 5.97 Å². The first-order valence-corrected chi connectivity index (χ1v) is 11.0. The van der Waals surface area contributed by atoms with Crippen LogP contribution in [0.3, 0.4) is 0 Å². The molecule has 2 heterocycles. The highest BCUT2D eigenvalue weighted by Gasteiger charge is 2.22. The molecule has 0 radical (unpaired) electrons. The fourth-order valence-electron chi connectivity index (χ4n) is 3.81. The normalized spacial score (nSPS) is 11.0. The van der Waals surface area contributed by atoms with Gasteiger partial charge in [0.1, 0.15) is 29.6 Å². The lowest BCUT2D eigenvalue weighted by atomic mass is 10.2. The number of halogens is 1. The van der Waals surface area contributed by atoms with E-state index in [-0.39, 0.29) is 30.1 Å². The summed E-state index contributed by atoms with van der Waals surface area (Å²) in [5.41, 5.74) is 2.78. The second-order valence-corrected chi connectivity index (χ2v) is 8.15. The highest BCUT2D eigenvalue weighted by molar-refractivity contribution is 5.98. The van der Waals surface area contributed by atoms with Crippen LogP contribution in [0, 0.1) is 5.82 Å². The molecule has 0 unspecified atom stereocenters. The third-order valence-electron chi connectivity index (χ3n) is 5.35. The van der Waals surface area contributed by atoms with E-state index in [2.05, 4.69) is 5.32 Å². The van der Waals surface area contributed by atoms with E-state index in [1.807, 2.05) is 4.57 Å². The molecular formula is C26H26FN3O5. The van der Waals surface area contributed by atoms with Gasteiger partial charge in [0.25, 0.3) is 0 Å². The lowest BCUT2D eigenvalue weighted by molar-refractivity contribution is -0.116. The van der Waals surface area contributed by atoms with E-state index < -0.39 is 5.97 Å². The predicted octanol–water partition coefficient (Wildman–Crippen LogP) is 4.79. The van der Waals surface area contributed by atoms with Gasteiger partial charge in [-0.05, 0) is 50.2 Å². The Kier molecular flexibility index (Phi) is 6.77. The number of ether oxygens (including phenoxy) is 3. The molecule has 0 spiro atoms. The van der Waals surface area contributed by atoms with Gasteiger partial charge in [0, 0.05) is 35.8 Å². The molecular weight excluding hydrogens is 453 g/mol. The number of carbonyl (C=O) groups excluding carboxylic acids is 2. The van der Waals surface area contributed by atoms with E-state index in [0.29, 0.717) is 28.2 Å². The number of hydrogen-bond donors (Lipinski definition) is 1. The van der Waals surface area contributed by atoms with Crippen molar-refractivity contribution < 1.29 is 28.2 Å². The summed E-state index contributed by atoms with van der Waals surface area (Å²) in [6.45, 7) is 3.37. The fraction of sp³-hybridized carbons (Fsp3) is 0.231. The van der Waals surface area contributed by atoms with Crippen LogP contribution < -0.4 is 14.8 Å². The molecule has 1 amide bonds. The number of carbonyl (C=O) groups is 2. The molecule has 0 saturated heterocycles. The van der Waals surface area contributed by atoms with Gasteiger partial charge in [-0.2, -0.15) is 0 Å². The van der Waals surface area contributed by atoms with E-state index in [1.165, 1.54) is 26.4 Å². The summed E-state index contributed by atoms with van der Waals surface area (Å²) in [5, 5.41) is 2.83. The predicted molar refractivity (Wildman–Crippen MR) is 130 cm³/mol. The lowest BCUT2D eigenvalue weighted by Gasteiger charge is -2.13. The average molecular weight is 480 g/mol. The molecule has 0 saturated carbocycles. The number of benzene rings is 2. The molecule has 4 rings (SSSR count). The van der Waals surface area contributed by atoms with Crippen LogP contribution >= 0.6 is 0 Å². The molecule has 0 bridgehead atoms. The van der Waals surface area contributed by atoms with Crippen LogP contribution in [0.15, 0.2) is 60.8 Å². The molecule has 35 heavy (non-hydrogen) atoms. The van der Waals surface area contributed by atoms with E-state index in [4.69, 9.17) is 14.2 Å². The van der Waals surface area contributed by atoms with Crippen molar-refractivity contribution in [3.8, 4) is 17.2 Å². The maximum absolute atomic E-state index is 13.4. The number of rotatable bonds is 8. The summed E-state index contributed by atoms with van der Waals surface area (Å²) in [4.78, 5) is 25.9. The molecule has 0 fully saturated rings. The molecule has 0 aliphatic rings. The van der Waals surface area contributed by atoms with Crippen molar-refractivity contribution in [2.45, 2.75) is 26.5 Å². The number of methoxy groups -OCH3 is 2. The van der Waals surface area contributed by atoms with Gasteiger partial charge in [0.2, 0.25) is 5.91 Å². The molecule has 182 valence electrons. The van der Waals surface area contributed by atoms with Crippen LogP contribution in [0.5, 0.6) is 11.5 Å². The van der Waals surface area contributed by atoms with Gasteiger partial charge < -0.3 is 28.7 Å². The van der Waals surface area contributed by atoms with Gasteiger partial charge in [-0.1, -0.05) is 0 Å². The van der Waals surface area contributed by atoms with E-state index in [9.17, 15) is 14.0 Å². The standard InChI is InChI=1S/C26H26FN3O5/c1-16(2)35-26(32)24-14-23-22(9-10-29(23)19-7-5-17(27)6-8-19)30(24)15-25(31)28-18-11-20(33-3)13-21(12-18)34-4/h5-14,16H,15H2,1-4H3,(H,28,31). The Labute approximate surface area is 201 Å². The molecule has 2 aromatic carbocycles. The molecule has 4 aromatic rings. The SMILES string of the molecule is COc1cc(NC(=O)Cn2c(C(=O)OC(C)C)cc3c2ccn3-c2ccc(F)cc2)cc(OC)c1.